The van der Waals surface area contributed by atoms with Gasteiger partial charge >= 0.3 is 0 Å². The number of hydrogen-bond acceptors (Lipinski definition) is 2. The lowest BCUT2D eigenvalue weighted by atomic mass is 10.1. The van der Waals surface area contributed by atoms with E-state index < -0.39 is 0 Å². The summed E-state index contributed by atoms with van der Waals surface area (Å²) in [4.78, 5) is 0. The summed E-state index contributed by atoms with van der Waals surface area (Å²) < 4.78 is 0. The van der Waals surface area contributed by atoms with Crippen molar-refractivity contribution in [1.29, 1.82) is 5.26 Å². The first-order valence-corrected chi connectivity index (χ1v) is 5.30. The summed E-state index contributed by atoms with van der Waals surface area (Å²) in [5.41, 5.74) is 1.82. The van der Waals surface area contributed by atoms with E-state index >= 15 is 0 Å². The van der Waals surface area contributed by atoms with Gasteiger partial charge in [0.15, 0.2) is 0 Å². The third-order valence-corrected chi connectivity index (χ3v) is 2.64. The van der Waals surface area contributed by atoms with E-state index in [0.29, 0.717) is 6.04 Å². The lowest BCUT2D eigenvalue weighted by Gasteiger charge is -2.02. The second kappa shape index (κ2) is 4.77. The van der Waals surface area contributed by atoms with Crippen molar-refractivity contribution in [3.05, 3.63) is 41.5 Å². The molecule has 0 spiro atoms. The van der Waals surface area contributed by atoms with Crippen LogP contribution in [0.5, 0.6) is 0 Å². The smallest absolute Gasteiger partial charge is 0.0991 e. The minimum Gasteiger partial charge on any atom is -0.311 e. The second-order valence-corrected chi connectivity index (χ2v) is 3.80. The average molecular weight is 198 g/mol. The van der Waals surface area contributed by atoms with E-state index in [2.05, 4.69) is 23.5 Å². The van der Waals surface area contributed by atoms with Crippen molar-refractivity contribution in [3.63, 3.8) is 0 Å². The molecule has 0 aromatic heterocycles. The molecule has 0 aliphatic carbocycles. The molecule has 15 heavy (non-hydrogen) atoms. The molecule has 1 fully saturated rings. The molecule has 76 valence electrons. The number of nitriles is 1. The molecule has 1 aliphatic heterocycles. The Morgan fingerprint density at radius 1 is 1.47 bits per heavy atom. The highest BCUT2D eigenvalue weighted by atomic mass is 14.9. The summed E-state index contributed by atoms with van der Waals surface area (Å²) in [6.45, 7) is 1.12. The van der Waals surface area contributed by atoms with Crippen LogP contribution in [-0.2, 0) is 0 Å². The van der Waals surface area contributed by atoms with Crippen LogP contribution in [0.1, 0.15) is 24.0 Å². The van der Waals surface area contributed by atoms with Crippen LogP contribution in [0.4, 0.5) is 0 Å². The maximum atomic E-state index is 8.76. The molecule has 1 atom stereocenters. The van der Waals surface area contributed by atoms with Crippen LogP contribution in [0.3, 0.4) is 0 Å². The Hall–Kier alpha value is -1.59. The summed E-state index contributed by atoms with van der Waals surface area (Å²) >= 11 is 0. The summed E-state index contributed by atoms with van der Waals surface area (Å²) in [7, 11) is 0. The van der Waals surface area contributed by atoms with Crippen LogP contribution in [0, 0.1) is 11.3 Å². The molecule has 1 N–H and O–H groups in total. The minimum absolute atomic E-state index is 0.510. The van der Waals surface area contributed by atoms with E-state index in [1.165, 1.54) is 12.8 Å². The third-order valence-electron chi connectivity index (χ3n) is 2.64. The van der Waals surface area contributed by atoms with Crippen molar-refractivity contribution in [1.82, 2.24) is 5.32 Å². The Labute approximate surface area is 90.2 Å². The molecular weight excluding hydrogens is 184 g/mol. The second-order valence-electron chi connectivity index (χ2n) is 3.80. The zero-order valence-corrected chi connectivity index (χ0v) is 8.61. The van der Waals surface area contributed by atoms with Crippen molar-refractivity contribution in [2.24, 2.45) is 0 Å². The molecule has 0 saturated carbocycles. The van der Waals surface area contributed by atoms with Crippen molar-refractivity contribution in [2.75, 3.05) is 6.54 Å². The Balaban J connectivity index is 2.06. The molecule has 2 heteroatoms. The molecule has 1 saturated heterocycles. The van der Waals surface area contributed by atoms with Gasteiger partial charge in [0.1, 0.15) is 0 Å². The standard InChI is InChI=1S/C13H14N2/c14-10-12-4-1-3-11(9-12)6-7-13-5-2-8-15-13/h1,3-4,6-7,9,13,15H,2,5,8H2/b7-6+. The predicted molar refractivity (Wildman–Crippen MR) is 61.2 cm³/mol. The van der Waals surface area contributed by atoms with E-state index in [-0.39, 0.29) is 0 Å². The van der Waals surface area contributed by atoms with Gasteiger partial charge in [-0.1, -0.05) is 24.3 Å². The number of nitrogens with one attached hydrogen (secondary N) is 1. The maximum absolute atomic E-state index is 8.76. The highest BCUT2D eigenvalue weighted by Gasteiger charge is 2.09. The van der Waals surface area contributed by atoms with Crippen LogP contribution in [0.15, 0.2) is 30.3 Å². The van der Waals surface area contributed by atoms with Gasteiger partial charge in [-0.05, 0) is 37.1 Å². The molecule has 0 radical (unpaired) electrons. The zero-order chi connectivity index (χ0) is 10.5. The normalized spacial score (nSPS) is 20.6. The van der Waals surface area contributed by atoms with Crippen molar-refractivity contribution in [3.8, 4) is 6.07 Å². The van der Waals surface area contributed by atoms with Crippen LogP contribution in [0.2, 0.25) is 0 Å². The first-order valence-electron chi connectivity index (χ1n) is 5.30. The molecule has 0 bridgehead atoms. The first-order chi connectivity index (χ1) is 7.38. The van der Waals surface area contributed by atoms with Gasteiger partial charge in [-0.25, -0.2) is 0 Å². The molecule has 1 aliphatic rings. The molecule has 2 rings (SSSR count). The summed E-state index contributed by atoms with van der Waals surface area (Å²) in [6.07, 6.45) is 6.75. The SMILES string of the molecule is N#Cc1cccc(/C=C/C2CCCN2)c1. The molecule has 2 nitrogen and oxygen atoms in total. The maximum Gasteiger partial charge on any atom is 0.0991 e. The minimum atomic E-state index is 0.510. The van der Waals surface area contributed by atoms with Gasteiger partial charge in [0.05, 0.1) is 11.6 Å². The number of nitrogens with zero attached hydrogens (tertiary/aromatic N) is 1. The Bertz CT molecular complexity index is 395. The molecular formula is C13H14N2. The Kier molecular flexibility index (Phi) is 3.16. The fraction of sp³-hybridized carbons (Fsp3) is 0.308. The number of benzene rings is 1. The van der Waals surface area contributed by atoms with E-state index in [9.17, 15) is 0 Å². The number of rotatable bonds is 2. The lowest BCUT2D eigenvalue weighted by molar-refractivity contribution is 0.730. The number of hydrogen-bond donors (Lipinski definition) is 1. The topological polar surface area (TPSA) is 35.8 Å². The van der Waals surface area contributed by atoms with Gasteiger partial charge in [-0.2, -0.15) is 5.26 Å². The zero-order valence-electron chi connectivity index (χ0n) is 8.61. The van der Waals surface area contributed by atoms with Gasteiger partial charge < -0.3 is 5.32 Å². The molecule has 1 heterocycles. The molecule has 1 unspecified atom stereocenters. The van der Waals surface area contributed by atoms with Gasteiger partial charge in [-0.15, -0.1) is 0 Å². The average Bonchev–Trinajstić information content (AvgIpc) is 2.79. The highest BCUT2D eigenvalue weighted by molar-refractivity contribution is 5.52. The summed E-state index contributed by atoms with van der Waals surface area (Å²) in [5, 5.41) is 12.2. The van der Waals surface area contributed by atoms with Crippen LogP contribution < -0.4 is 5.32 Å². The highest BCUT2D eigenvalue weighted by Crippen LogP contribution is 2.10. The van der Waals surface area contributed by atoms with Gasteiger partial charge in [0.2, 0.25) is 0 Å². The van der Waals surface area contributed by atoms with E-state index in [0.717, 1.165) is 17.7 Å². The van der Waals surface area contributed by atoms with Crippen LogP contribution in [0.25, 0.3) is 6.08 Å². The van der Waals surface area contributed by atoms with Crippen LogP contribution >= 0.6 is 0 Å². The van der Waals surface area contributed by atoms with Crippen molar-refractivity contribution < 1.29 is 0 Å². The van der Waals surface area contributed by atoms with Gasteiger partial charge in [-0.3, -0.25) is 0 Å². The lowest BCUT2D eigenvalue weighted by Crippen LogP contribution is -2.17. The van der Waals surface area contributed by atoms with Crippen molar-refractivity contribution in [2.45, 2.75) is 18.9 Å². The summed E-state index contributed by atoms with van der Waals surface area (Å²) in [6, 6.07) is 10.3. The van der Waals surface area contributed by atoms with E-state index in [1.807, 2.05) is 24.3 Å². The Morgan fingerprint density at radius 3 is 3.13 bits per heavy atom. The monoisotopic (exact) mass is 198 g/mol. The largest absolute Gasteiger partial charge is 0.311 e. The van der Waals surface area contributed by atoms with Crippen molar-refractivity contribution >= 4 is 6.08 Å². The predicted octanol–water partition coefficient (Wildman–Crippen LogP) is 2.32. The quantitative estimate of drug-likeness (QED) is 0.791. The third kappa shape index (κ3) is 2.68. The van der Waals surface area contributed by atoms with Gasteiger partial charge in [0, 0.05) is 6.04 Å². The molecule has 1 aromatic carbocycles. The first kappa shape index (κ1) is 9.95. The molecule has 0 amide bonds. The fourth-order valence-electron chi connectivity index (χ4n) is 1.81. The molecule has 1 aromatic rings. The van der Waals surface area contributed by atoms with Gasteiger partial charge in [0.25, 0.3) is 0 Å². The summed E-state index contributed by atoms with van der Waals surface area (Å²) in [5.74, 6) is 0. The Morgan fingerprint density at radius 2 is 2.40 bits per heavy atom. The fourth-order valence-corrected chi connectivity index (χ4v) is 1.81. The van der Waals surface area contributed by atoms with Crippen LogP contribution in [-0.4, -0.2) is 12.6 Å². The van der Waals surface area contributed by atoms with E-state index in [4.69, 9.17) is 5.26 Å². The van der Waals surface area contributed by atoms with E-state index in [1.54, 1.807) is 0 Å².